The number of nitrogens with zero attached hydrogens (tertiary/aromatic N) is 2. The quantitative estimate of drug-likeness (QED) is 0.935. The van der Waals surface area contributed by atoms with Crippen LogP contribution in [0, 0.1) is 0 Å². The third-order valence-electron chi connectivity index (χ3n) is 2.66. The number of pyridine rings is 1. The zero-order chi connectivity index (χ0) is 16.5. The molecule has 2 aromatic rings. The first kappa shape index (κ1) is 16.3. The highest BCUT2D eigenvalue weighted by atomic mass is 32.2. The van der Waals surface area contributed by atoms with E-state index in [2.05, 4.69) is 10.3 Å². The van der Waals surface area contributed by atoms with E-state index in [9.17, 15) is 13.2 Å². The van der Waals surface area contributed by atoms with Crippen LogP contribution in [-0.2, 0) is 20.5 Å². The first-order chi connectivity index (χ1) is 10.0. The molecule has 0 aliphatic heterocycles. The normalized spacial score (nSPS) is 12.4. The van der Waals surface area contributed by atoms with Gasteiger partial charge in [0.05, 0.1) is 5.52 Å². The van der Waals surface area contributed by atoms with Crippen molar-refractivity contribution in [2.45, 2.75) is 32.2 Å². The summed E-state index contributed by atoms with van der Waals surface area (Å²) in [6.45, 7) is 5.29. The number of rotatable bonds is 3. The number of hydrogen-bond donors (Lipinski definition) is 1. The zero-order valence-corrected chi connectivity index (χ0v) is 13.8. The maximum Gasteiger partial charge on any atom is 0.413 e. The number of carbonyl (C=O) groups excluding carboxylic acids is 1. The lowest BCUT2D eigenvalue weighted by molar-refractivity contribution is 0.0635. The van der Waals surface area contributed by atoms with E-state index in [0.717, 1.165) is 5.39 Å². The molecule has 1 amide bonds. The van der Waals surface area contributed by atoms with Gasteiger partial charge in [-0.05, 0) is 26.8 Å². The van der Waals surface area contributed by atoms with Crippen LogP contribution in [0.3, 0.4) is 0 Å². The number of sulfone groups is 1. The summed E-state index contributed by atoms with van der Waals surface area (Å²) >= 11 is 0. The van der Waals surface area contributed by atoms with Crippen molar-refractivity contribution in [3.63, 3.8) is 0 Å². The predicted octanol–water partition coefficient (Wildman–Crippen LogP) is 2.39. The Morgan fingerprint density at radius 1 is 1.41 bits per heavy atom. The van der Waals surface area contributed by atoms with Gasteiger partial charge in [0.2, 0.25) is 0 Å². The second-order valence-corrected chi connectivity index (χ2v) is 8.21. The standard InChI is InChI=1S/C14H19N3O4S/c1-14(2,3)21-13(18)16-12-7-11-10(8-15-12)5-6-17(11)9-22(4,19)20/h5-8H,9H2,1-4H3,(H,15,16,18). The summed E-state index contributed by atoms with van der Waals surface area (Å²) in [5.41, 5.74) is 0.0662. The predicted molar refractivity (Wildman–Crippen MR) is 84.4 cm³/mol. The number of fused-ring (bicyclic) bond motifs is 1. The van der Waals surface area contributed by atoms with Gasteiger partial charge in [-0.3, -0.25) is 5.32 Å². The largest absolute Gasteiger partial charge is 0.444 e. The van der Waals surface area contributed by atoms with Gasteiger partial charge in [0, 0.05) is 30.1 Å². The van der Waals surface area contributed by atoms with Gasteiger partial charge < -0.3 is 9.30 Å². The van der Waals surface area contributed by atoms with Crippen molar-refractivity contribution >= 4 is 32.7 Å². The van der Waals surface area contributed by atoms with Gasteiger partial charge in [0.25, 0.3) is 0 Å². The Morgan fingerprint density at radius 3 is 2.68 bits per heavy atom. The van der Waals surface area contributed by atoms with E-state index < -0.39 is 21.5 Å². The third-order valence-corrected chi connectivity index (χ3v) is 3.41. The smallest absolute Gasteiger partial charge is 0.413 e. The summed E-state index contributed by atoms with van der Waals surface area (Å²) in [5, 5.41) is 3.33. The molecular formula is C14H19N3O4S. The van der Waals surface area contributed by atoms with E-state index in [0.29, 0.717) is 11.3 Å². The van der Waals surface area contributed by atoms with E-state index in [1.54, 1.807) is 49.9 Å². The van der Waals surface area contributed by atoms with Gasteiger partial charge in [-0.25, -0.2) is 18.2 Å². The molecule has 1 N–H and O–H groups in total. The first-order valence-corrected chi connectivity index (χ1v) is 8.72. The highest BCUT2D eigenvalue weighted by Crippen LogP contribution is 2.19. The molecule has 2 aromatic heterocycles. The first-order valence-electron chi connectivity index (χ1n) is 6.66. The van der Waals surface area contributed by atoms with Gasteiger partial charge in [-0.15, -0.1) is 0 Å². The van der Waals surface area contributed by atoms with Crippen LogP contribution < -0.4 is 5.32 Å². The second kappa shape index (κ2) is 5.60. The van der Waals surface area contributed by atoms with Crippen LogP contribution in [0.25, 0.3) is 10.9 Å². The molecule has 0 fully saturated rings. The van der Waals surface area contributed by atoms with Crippen molar-refractivity contribution in [2.24, 2.45) is 0 Å². The van der Waals surface area contributed by atoms with Gasteiger partial charge >= 0.3 is 6.09 Å². The molecular weight excluding hydrogens is 306 g/mol. The van der Waals surface area contributed by atoms with E-state index in [1.807, 2.05) is 0 Å². The Labute approximate surface area is 129 Å². The minimum Gasteiger partial charge on any atom is -0.444 e. The zero-order valence-electron chi connectivity index (χ0n) is 13.0. The molecule has 0 saturated heterocycles. The molecule has 7 nitrogen and oxygen atoms in total. The van der Waals surface area contributed by atoms with E-state index in [4.69, 9.17) is 4.74 Å². The molecule has 0 unspecified atom stereocenters. The Morgan fingerprint density at radius 2 is 2.09 bits per heavy atom. The maximum atomic E-state index is 11.7. The summed E-state index contributed by atoms with van der Waals surface area (Å²) in [5.74, 6) is 0.169. The summed E-state index contributed by atoms with van der Waals surface area (Å²) in [6.07, 6.45) is 3.80. The maximum absolute atomic E-state index is 11.7. The highest BCUT2D eigenvalue weighted by molar-refractivity contribution is 7.89. The molecule has 0 aromatic carbocycles. The number of nitrogens with one attached hydrogen (secondary N) is 1. The molecule has 120 valence electrons. The number of amides is 1. The Balaban J connectivity index is 2.26. The molecule has 2 heterocycles. The van der Waals surface area contributed by atoms with Crippen molar-refractivity contribution in [3.05, 3.63) is 24.5 Å². The van der Waals surface area contributed by atoms with Crippen molar-refractivity contribution in [2.75, 3.05) is 11.6 Å². The van der Waals surface area contributed by atoms with Gasteiger partial charge in [0.15, 0.2) is 9.84 Å². The summed E-state index contributed by atoms with van der Waals surface area (Å²) in [7, 11) is -3.17. The van der Waals surface area contributed by atoms with Crippen LogP contribution in [-0.4, -0.2) is 35.9 Å². The minimum absolute atomic E-state index is 0.133. The molecule has 0 aliphatic carbocycles. The highest BCUT2D eigenvalue weighted by Gasteiger charge is 2.17. The van der Waals surface area contributed by atoms with Crippen LogP contribution in [0.1, 0.15) is 20.8 Å². The van der Waals surface area contributed by atoms with Crippen LogP contribution >= 0.6 is 0 Å². The van der Waals surface area contributed by atoms with Crippen molar-refractivity contribution in [1.82, 2.24) is 9.55 Å². The number of hydrogen-bond acceptors (Lipinski definition) is 5. The lowest BCUT2D eigenvalue weighted by Crippen LogP contribution is -2.27. The lowest BCUT2D eigenvalue weighted by atomic mass is 10.2. The topological polar surface area (TPSA) is 90.3 Å². The summed E-state index contributed by atoms with van der Waals surface area (Å²) in [4.78, 5) is 15.9. The van der Waals surface area contributed by atoms with Gasteiger partial charge in [-0.2, -0.15) is 0 Å². The van der Waals surface area contributed by atoms with Crippen molar-refractivity contribution < 1.29 is 17.9 Å². The Bertz CT molecular complexity index is 803. The molecule has 0 saturated carbocycles. The number of aromatic nitrogens is 2. The molecule has 0 spiro atoms. The Hall–Kier alpha value is -2.09. The van der Waals surface area contributed by atoms with Crippen molar-refractivity contribution in [3.8, 4) is 0 Å². The fourth-order valence-corrected chi connectivity index (χ4v) is 2.66. The minimum atomic E-state index is -3.17. The summed E-state index contributed by atoms with van der Waals surface area (Å²) in [6, 6.07) is 3.38. The van der Waals surface area contributed by atoms with Crippen molar-refractivity contribution in [1.29, 1.82) is 0 Å². The van der Waals surface area contributed by atoms with Crippen LogP contribution in [0.2, 0.25) is 0 Å². The molecule has 0 bridgehead atoms. The van der Waals surface area contributed by atoms with Gasteiger partial charge in [0.1, 0.15) is 17.3 Å². The average Bonchev–Trinajstić information content (AvgIpc) is 2.67. The molecule has 0 atom stereocenters. The number of anilines is 1. The SMILES string of the molecule is CC(C)(C)OC(=O)Nc1cc2c(ccn2CS(C)(=O)=O)cn1. The van der Waals surface area contributed by atoms with E-state index in [-0.39, 0.29) is 5.88 Å². The fraction of sp³-hybridized carbons (Fsp3) is 0.429. The molecule has 2 rings (SSSR count). The van der Waals surface area contributed by atoms with E-state index >= 15 is 0 Å². The summed E-state index contributed by atoms with van der Waals surface area (Å²) < 4.78 is 29.6. The molecule has 0 radical (unpaired) electrons. The van der Waals surface area contributed by atoms with Gasteiger partial charge in [-0.1, -0.05) is 0 Å². The monoisotopic (exact) mass is 325 g/mol. The van der Waals surface area contributed by atoms with Crippen LogP contribution in [0.5, 0.6) is 0 Å². The Kier molecular flexibility index (Phi) is 4.15. The molecule has 8 heteroatoms. The molecule has 0 aliphatic rings. The second-order valence-electron chi connectivity index (χ2n) is 6.10. The van der Waals surface area contributed by atoms with Crippen LogP contribution in [0.4, 0.5) is 10.6 Å². The average molecular weight is 325 g/mol. The third kappa shape index (κ3) is 4.45. The number of ether oxygens (including phenoxy) is 1. The molecule has 22 heavy (non-hydrogen) atoms. The van der Waals surface area contributed by atoms with E-state index in [1.165, 1.54) is 6.26 Å². The van der Waals surface area contributed by atoms with Crippen LogP contribution in [0.15, 0.2) is 24.5 Å². The lowest BCUT2D eigenvalue weighted by Gasteiger charge is -2.19. The number of carbonyl (C=O) groups is 1. The fourth-order valence-electron chi connectivity index (χ4n) is 1.92.